The van der Waals surface area contributed by atoms with Crippen LogP contribution in [0.4, 0.5) is 5.69 Å². The summed E-state index contributed by atoms with van der Waals surface area (Å²) in [7, 11) is 3.02. The minimum Gasteiger partial charge on any atom is -0.497 e. The standard InChI is InChI=1S/C19H19NO5/c1-23-15-9-10-16(17(12-15)24-2)20-18(21)13-25-19(22)11-8-14-6-4-3-5-7-14/h3-12H,13H2,1-2H3,(H,20,21). The third-order valence-electron chi connectivity index (χ3n) is 3.24. The normalized spacial score (nSPS) is 10.3. The number of esters is 1. The molecule has 0 spiro atoms. The van der Waals surface area contributed by atoms with Crippen molar-refractivity contribution in [3.8, 4) is 11.5 Å². The van der Waals surface area contributed by atoms with E-state index in [2.05, 4.69) is 5.32 Å². The van der Waals surface area contributed by atoms with E-state index in [4.69, 9.17) is 14.2 Å². The maximum absolute atomic E-state index is 11.9. The minimum absolute atomic E-state index is 0.396. The molecule has 130 valence electrons. The van der Waals surface area contributed by atoms with E-state index < -0.39 is 18.5 Å². The van der Waals surface area contributed by atoms with Gasteiger partial charge >= 0.3 is 5.97 Å². The topological polar surface area (TPSA) is 73.9 Å². The lowest BCUT2D eigenvalue weighted by Crippen LogP contribution is -2.20. The molecule has 0 aliphatic heterocycles. The molecule has 0 heterocycles. The van der Waals surface area contributed by atoms with Crippen LogP contribution in [0, 0.1) is 0 Å². The molecule has 2 rings (SSSR count). The van der Waals surface area contributed by atoms with Crippen molar-refractivity contribution in [3.05, 3.63) is 60.2 Å². The first-order valence-corrected chi connectivity index (χ1v) is 7.54. The SMILES string of the molecule is COc1ccc(NC(=O)COC(=O)C=Cc2ccccc2)c(OC)c1. The van der Waals surface area contributed by atoms with E-state index >= 15 is 0 Å². The van der Waals surface area contributed by atoms with Gasteiger partial charge < -0.3 is 19.5 Å². The Hall–Kier alpha value is -3.28. The van der Waals surface area contributed by atoms with Gasteiger partial charge in [0.2, 0.25) is 0 Å². The highest BCUT2D eigenvalue weighted by Crippen LogP contribution is 2.28. The highest BCUT2D eigenvalue weighted by Gasteiger charge is 2.10. The molecule has 2 aromatic carbocycles. The number of anilines is 1. The molecule has 0 aliphatic rings. The zero-order valence-electron chi connectivity index (χ0n) is 14.0. The number of hydrogen-bond acceptors (Lipinski definition) is 5. The van der Waals surface area contributed by atoms with Gasteiger partial charge in [-0.3, -0.25) is 4.79 Å². The Morgan fingerprint density at radius 2 is 1.80 bits per heavy atom. The molecular formula is C19H19NO5. The Labute approximate surface area is 146 Å². The van der Waals surface area contributed by atoms with E-state index in [1.54, 1.807) is 24.3 Å². The summed E-state index contributed by atoms with van der Waals surface area (Å²) in [5.41, 5.74) is 1.33. The fourth-order valence-corrected chi connectivity index (χ4v) is 2.00. The Balaban J connectivity index is 1.86. The molecule has 25 heavy (non-hydrogen) atoms. The molecule has 0 fully saturated rings. The second kappa shape index (κ2) is 9.12. The molecule has 0 bridgehead atoms. The smallest absolute Gasteiger partial charge is 0.331 e. The molecular weight excluding hydrogens is 322 g/mol. The average Bonchev–Trinajstić information content (AvgIpc) is 2.65. The maximum atomic E-state index is 11.9. The van der Waals surface area contributed by atoms with E-state index in [9.17, 15) is 9.59 Å². The van der Waals surface area contributed by atoms with Crippen molar-refractivity contribution in [1.29, 1.82) is 0 Å². The molecule has 0 unspecified atom stereocenters. The monoisotopic (exact) mass is 341 g/mol. The molecule has 0 atom stereocenters. The number of benzene rings is 2. The van der Waals surface area contributed by atoms with Gasteiger partial charge in [0.05, 0.1) is 19.9 Å². The number of carbonyl (C=O) groups is 2. The molecule has 0 aromatic heterocycles. The second-order valence-electron chi connectivity index (χ2n) is 4.97. The maximum Gasteiger partial charge on any atom is 0.331 e. The summed E-state index contributed by atoms with van der Waals surface area (Å²) in [6.45, 7) is -0.396. The molecule has 0 saturated heterocycles. The summed E-state index contributed by atoms with van der Waals surface area (Å²) in [6, 6.07) is 14.3. The van der Waals surface area contributed by atoms with Crippen LogP contribution in [0.2, 0.25) is 0 Å². The lowest BCUT2D eigenvalue weighted by atomic mass is 10.2. The van der Waals surface area contributed by atoms with Crippen molar-refractivity contribution >= 4 is 23.6 Å². The van der Waals surface area contributed by atoms with Crippen LogP contribution in [0.5, 0.6) is 11.5 Å². The first kappa shape index (κ1) is 18.1. The quantitative estimate of drug-likeness (QED) is 0.619. The van der Waals surface area contributed by atoms with Crippen LogP contribution in [-0.4, -0.2) is 32.7 Å². The van der Waals surface area contributed by atoms with Crippen molar-refractivity contribution in [1.82, 2.24) is 0 Å². The van der Waals surface area contributed by atoms with E-state index in [1.165, 1.54) is 20.3 Å². The largest absolute Gasteiger partial charge is 0.497 e. The van der Waals surface area contributed by atoms with Gasteiger partial charge in [-0.2, -0.15) is 0 Å². The number of amides is 1. The highest BCUT2D eigenvalue weighted by atomic mass is 16.5. The number of rotatable bonds is 7. The summed E-state index contributed by atoms with van der Waals surface area (Å²) < 4.78 is 15.2. The molecule has 1 amide bonds. The van der Waals surface area contributed by atoms with Crippen molar-refractivity contribution < 1.29 is 23.8 Å². The van der Waals surface area contributed by atoms with Crippen LogP contribution in [0.3, 0.4) is 0 Å². The summed E-state index contributed by atoms with van der Waals surface area (Å²) in [5.74, 6) is -0.0130. The van der Waals surface area contributed by atoms with Gasteiger partial charge in [0.25, 0.3) is 5.91 Å². The summed E-state index contributed by atoms with van der Waals surface area (Å²) in [4.78, 5) is 23.6. The van der Waals surface area contributed by atoms with Gasteiger partial charge in [-0.15, -0.1) is 0 Å². The highest BCUT2D eigenvalue weighted by molar-refractivity contribution is 5.95. The van der Waals surface area contributed by atoms with Crippen LogP contribution in [0.1, 0.15) is 5.56 Å². The van der Waals surface area contributed by atoms with Gasteiger partial charge in [0, 0.05) is 12.1 Å². The molecule has 1 N–H and O–H groups in total. The van der Waals surface area contributed by atoms with Crippen molar-refractivity contribution in [3.63, 3.8) is 0 Å². The van der Waals surface area contributed by atoms with E-state index in [1.807, 2.05) is 30.3 Å². The van der Waals surface area contributed by atoms with E-state index in [0.717, 1.165) is 5.56 Å². The predicted molar refractivity (Wildman–Crippen MR) is 94.6 cm³/mol. The van der Waals surface area contributed by atoms with Gasteiger partial charge in [-0.25, -0.2) is 4.79 Å². The zero-order valence-corrected chi connectivity index (χ0v) is 14.0. The van der Waals surface area contributed by atoms with Crippen molar-refractivity contribution in [2.75, 3.05) is 26.1 Å². The number of hydrogen-bond donors (Lipinski definition) is 1. The average molecular weight is 341 g/mol. The van der Waals surface area contributed by atoms with Gasteiger partial charge in [-0.1, -0.05) is 30.3 Å². The number of ether oxygens (including phenoxy) is 3. The Morgan fingerprint density at radius 1 is 1.04 bits per heavy atom. The molecule has 2 aromatic rings. The first-order chi connectivity index (χ1) is 12.1. The summed E-state index contributed by atoms with van der Waals surface area (Å²) in [5, 5.41) is 2.62. The summed E-state index contributed by atoms with van der Waals surface area (Å²) >= 11 is 0. The molecule has 6 heteroatoms. The third kappa shape index (κ3) is 5.69. The fourth-order valence-electron chi connectivity index (χ4n) is 2.00. The van der Waals surface area contributed by atoms with Crippen LogP contribution >= 0.6 is 0 Å². The molecule has 0 aliphatic carbocycles. The lowest BCUT2D eigenvalue weighted by molar-refractivity contribution is -0.142. The van der Waals surface area contributed by atoms with E-state index in [-0.39, 0.29) is 0 Å². The number of nitrogens with one attached hydrogen (secondary N) is 1. The molecule has 0 radical (unpaired) electrons. The Kier molecular flexibility index (Phi) is 6.59. The van der Waals surface area contributed by atoms with Gasteiger partial charge in [0.15, 0.2) is 6.61 Å². The second-order valence-corrected chi connectivity index (χ2v) is 4.97. The Morgan fingerprint density at radius 3 is 2.48 bits per heavy atom. The Bertz CT molecular complexity index is 756. The minimum atomic E-state index is -0.597. The van der Waals surface area contributed by atoms with E-state index in [0.29, 0.717) is 17.2 Å². The van der Waals surface area contributed by atoms with Gasteiger partial charge in [0.1, 0.15) is 11.5 Å². The van der Waals surface area contributed by atoms with Crippen LogP contribution in [-0.2, 0) is 14.3 Å². The molecule has 6 nitrogen and oxygen atoms in total. The predicted octanol–water partition coefficient (Wildman–Crippen LogP) is 2.90. The van der Waals surface area contributed by atoms with Crippen LogP contribution in [0.25, 0.3) is 6.08 Å². The first-order valence-electron chi connectivity index (χ1n) is 7.54. The molecule has 0 saturated carbocycles. The van der Waals surface area contributed by atoms with Crippen LogP contribution < -0.4 is 14.8 Å². The van der Waals surface area contributed by atoms with Crippen molar-refractivity contribution in [2.24, 2.45) is 0 Å². The third-order valence-corrected chi connectivity index (χ3v) is 3.24. The van der Waals surface area contributed by atoms with Gasteiger partial charge in [-0.05, 0) is 23.8 Å². The number of carbonyl (C=O) groups excluding carboxylic acids is 2. The zero-order chi connectivity index (χ0) is 18.1. The fraction of sp³-hybridized carbons (Fsp3) is 0.158. The number of methoxy groups -OCH3 is 2. The van der Waals surface area contributed by atoms with Crippen molar-refractivity contribution in [2.45, 2.75) is 0 Å². The lowest BCUT2D eigenvalue weighted by Gasteiger charge is -2.11. The van der Waals surface area contributed by atoms with Crippen LogP contribution in [0.15, 0.2) is 54.6 Å². The summed E-state index contributed by atoms with van der Waals surface area (Å²) in [6.07, 6.45) is 2.89.